The Morgan fingerprint density at radius 3 is 2.55 bits per heavy atom. The molecule has 1 aromatic heterocycles. The highest BCUT2D eigenvalue weighted by atomic mass is 35.5. The van der Waals surface area contributed by atoms with Crippen LogP contribution in [0.15, 0.2) is 47.5 Å². The van der Waals surface area contributed by atoms with Crippen LogP contribution >= 0.6 is 11.6 Å². The van der Waals surface area contributed by atoms with Gasteiger partial charge in [0.15, 0.2) is 0 Å². The molecule has 5 nitrogen and oxygen atoms in total. The molecule has 0 saturated heterocycles. The van der Waals surface area contributed by atoms with E-state index in [2.05, 4.69) is 9.71 Å². The molecule has 2 aromatic rings. The quantitative estimate of drug-likeness (QED) is 0.907. The van der Waals surface area contributed by atoms with Crippen LogP contribution in [0, 0.1) is 0 Å². The smallest absolute Gasteiger partial charge is 0.242 e. The van der Waals surface area contributed by atoms with Gasteiger partial charge in [-0.3, -0.25) is 0 Å². The van der Waals surface area contributed by atoms with E-state index in [1.54, 1.807) is 6.92 Å². The van der Waals surface area contributed by atoms with Crippen LogP contribution in [-0.4, -0.2) is 13.4 Å². The third-order valence-corrected chi connectivity index (χ3v) is 4.60. The number of nitrogens with one attached hydrogen (secondary N) is 1. The fourth-order valence-electron chi connectivity index (χ4n) is 1.69. The van der Waals surface area contributed by atoms with E-state index < -0.39 is 10.0 Å². The molecule has 0 amide bonds. The Kier molecular flexibility index (Phi) is 4.27. The van der Waals surface area contributed by atoms with E-state index in [1.807, 2.05) is 30.3 Å². The summed E-state index contributed by atoms with van der Waals surface area (Å²) >= 11 is 5.79. The summed E-state index contributed by atoms with van der Waals surface area (Å²) in [6, 6.07) is 10.2. The van der Waals surface area contributed by atoms with Gasteiger partial charge in [0.05, 0.1) is 5.02 Å². The Morgan fingerprint density at radius 1 is 1.30 bits per heavy atom. The monoisotopic (exact) mass is 311 g/mol. The van der Waals surface area contributed by atoms with Crippen LogP contribution in [0.25, 0.3) is 0 Å². The van der Waals surface area contributed by atoms with Crippen molar-refractivity contribution < 1.29 is 8.42 Å². The summed E-state index contributed by atoms with van der Waals surface area (Å²) in [4.78, 5) is 3.74. The lowest BCUT2D eigenvalue weighted by Gasteiger charge is -2.14. The van der Waals surface area contributed by atoms with E-state index in [0.717, 1.165) is 5.56 Å². The molecule has 0 aliphatic heterocycles. The molecule has 0 spiro atoms. The minimum absolute atomic E-state index is 0.0144. The highest BCUT2D eigenvalue weighted by molar-refractivity contribution is 7.89. The van der Waals surface area contributed by atoms with E-state index in [0.29, 0.717) is 0 Å². The molecule has 0 fully saturated rings. The van der Waals surface area contributed by atoms with Crippen molar-refractivity contribution in [3.8, 4) is 0 Å². The molecule has 2 rings (SSSR count). The summed E-state index contributed by atoms with van der Waals surface area (Å²) in [5.41, 5.74) is 6.33. The molecule has 0 aliphatic carbocycles. The highest BCUT2D eigenvalue weighted by Gasteiger charge is 2.19. The standard InChI is InChI=1S/C13H14ClN3O2S/c1-9(10-5-3-2-4-6-10)17-20(18,19)11-7-12(14)13(15)16-8-11/h2-9,17H,1H3,(H2,15,16). The number of nitrogen functional groups attached to an aromatic ring is 1. The van der Waals surface area contributed by atoms with Gasteiger partial charge in [-0.15, -0.1) is 0 Å². The van der Waals surface area contributed by atoms with Gasteiger partial charge in [-0.1, -0.05) is 41.9 Å². The normalized spacial score (nSPS) is 13.1. The first-order valence-corrected chi connectivity index (χ1v) is 7.74. The summed E-state index contributed by atoms with van der Waals surface area (Å²) < 4.78 is 27.0. The van der Waals surface area contributed by atoms with Gasteiger partial charge in [0.1, 0.15) is 10.7 Å². The number of rotatable bonds is 4. The molecule has 0 bridgehead atoms. The van der Waals surface area contributed by atoms with Crippen molar-refractivity contribution in [3.05, 3.63) is 53.2 Å². The van der Waals surface area contributed by atoms with Gasteiger partial charge < -0.3 is 5.73 Å². The van der Waals surface area contributed by atoms with Crippen LogP contribution in [0.2, 0.25) is 5.02 Å². The van der Waals surface area contributed by atoms with Crippen molar-refractivity contribution >= 4 is 27.4 Å². The molecule has 1 atom stereocenters. The minimum atomic E-state index is -3.70. The first kappa shape index (κ1) is 14.8. The Balaban J connectivity index is 2.25. The summed E-state index contributed by atoms with van der Waals surface area (Å²) in [5.74, 6) is 0.0988. The molecule has 1 heterocycles. The second-order valence-electron chi connectivity index (χ2n) is 4.29. The Labute approximate surface area is 122 Å². The lowest BCUT2D eigenvalue weighted by molar-refractivity contribution is 0.566. The SMILES string of the molecule is CC(NS(=O)(=O)c1cnc(N)c(Cl)c1)c1ccccc1. The van der Waals surface area contributed by atoms with E-state index in [4.69, 9.17) is 17.3 Å². The largest absolute Gasteiger partial charge is 0.382 e. The topological polar surface area (TPSA) is 85.1 Å². The Bertz CT molecular complexity index is 705. The molecular formula is C13H14ClN3O2S. The second-order valence-corrected chi connectivity index (χ2v) is 6.41. The number of sulfonamides is 1. The molecule has 0 saturated carbocycles. The fourth-order valence-corrected chi connectivity index (χ4v) is 3.12. The number of aromatic nitrogens is 1. The zero-order valence-corrected chi connectivity index (χ0v) is 12.3. The summed E-state index contributed by atoms with van der Waals surface area (Å²) in [6.07, 6.45) is 1.18. The number of pyridine rings is 1. The maximum Gasteiger partial charge on any atom is 0.242 e. The van der Waals surface area contributed by atoms with Crippen molar-refractivity contribution in [2.75, 3.05) is 5.73 Å². The molecule has 0 aliphatic rings. The van der Waals surface area contributed by atoms with E-state index >= 15 is 0 Å². The minimum Gasteiger partial charge on any atom is -0.382 e. The van der Waals surface area contributed by atoms with Crippen molar-refractivity contribution in [2.45, 2.75) is 17.9 Å². The Hall–Kier alpha value is -1.63. The fraction of sp³-hybridized carbons (Fsp3) is 0.154. The number of nitrogens with zero attached hydrogens (tertiary/aromatic N) is 1. The second kappa shape index (κ2) is 5.78. The van der Waals surface area contributed by atoms with Crippen LogP contribution in [0.3, 0.4) is 0 Å². The third-order valence-electron chi connectivity index (χ3n) is 2.79. The number of nitrogens with two attached hydrogens (primary N) is 1. The van der Waals surface area contributed by atoms with Gasteiger partial charge in [0, 0.05) is 12.2 Å². The van der Waals surface area contributed by atoms with Crippen LogP contribution < -0.4 is 10.5 Å². The lowest BCUT2D eigenvalue weighted by atomic mass is 10.1. The maximum absolute atomic E-state index is 12.2. The van der Waals surface area contributed by atoms with Crippen LogP contribution in [0.5, 0.6) is 0 Å². The van der Waals surface area contributed by atoms with E-state index in [1.165, 1.54) is 12.3 Å². The summed E-state index contributed by atoms with van der Waals surface area (Å²) in [7, 11) is -3.70. The van der Waals surface area contributed by atoms with E-state index in [-0.39, 0.29) is 21.8 Å². The molecular weight excluding hydrogens is 298 g/mol. The maximum atomic E-state index is 12.2. The van der Waals surface area contributed by atoms with Gasteiger partial charge >= 0.3 is 0 Å². The van der Waals surface area contributed by atoms with E-state index in [9.17, 15) is 8.42 Å². The predicted molar refractivity (Wildman–Crippen MR) is 78.8 cm³/mol. The van der Waals surface area contributed by atoms with Crippen molar-refractivity contribution in [3.63, 3.8) is 0 Å². The van der Waals surface area contributed by atoms with Gasteiger partial charge in [0.2, 0.25) is 10.0 Å². The van der Waals surface area contributed by atoms with Gasteiger partial charge in [0.25, 0.3) is 0 Å². The molecule has 3 N–H and O–H groups in total. The van der Waals surface area contributed by atoms with Crippen molar-refractivity contribution in [1.82, 2.24) is 9.71 Å². The van der Waals surface area contributed by atoms with Gasteiger partial charge in [-0.2, -0.15) is 0 Å². The highest BCUT2D eigenvalue weighted by Crippen LogP contribution is 2.21. The number of halogens is 1. The number of benzene rings is 1. The molecule has 1 unspecified atom stereocenters. The number of anilines is 1. The zero-order valence-electron chi connectivity index (χ0n) is 10.7. The molecule has 106 valence electrons. The molecule has 1 aromatic carbocycles. The first-order chi connectivity index (χ1) is 9.40. The summed E-state index contributed by atoms with van der Waals surface area (Å²) in [5, 5.41) is 0.111. The van der Waals surface area contributed by atoms with Gasteiger partial charge in [-0.05, 0) is 18.6 Å². The zero-order chi connectivity index (χ0) is 14.8. The van der Waals surface area contributed by atoms with Gasteiger partial charge in [-0.25, -0.2) is 18.1 Å². The van der Waals surface area contributed by atoms with Crippen LogP contribution in [0.1, 0.15) is 18.5 Å². The lowest BCUT2D eigenvalue weighted by Crippen LogP contribution is -2.27. The average molecular weight is 312 g/mol. The third kappa shape index (κ3) is 3.27. The molecule has 7 heteroatoms. The van der Waals surface area contributed by atoms with Crippen LogP contribution in [0.4, 0.5) is 5.82 Å². The first-order valence-electron chi connectivity index (χ1n) is 5.88. The number of hydrogen-bond acceptors (Lipinski definition) is 4. The average Bonchev–Trinajstić information content (AvgIpc) is 2.42. The molecule has 0 radical (unpaired) electrons. The predicted octanol–water partition coefficient (Wildman–Crippen LogP) is 2.36. The molecule has 20 heavy (non-hydrogen) atoms. The van der Waals surface area contributed by atoms with Crippen LogP contribution in [-0.2, 0) is 10.0 Å². The number of hydrogen-bond donors (Lipinski definition) is 2. The Morgan fingerprint density at radius 2 is 1.95 bits per heavy atom. The summed E-state index contributed by atoms with van der Waals surface area (Å²) in [6.45, 7) is 1.76. The van der Waals surface area contributed by atoms with Crippen molar-refractivity contribution in [1.29, 1.82) is 0 Å². The van der Waals surface area contributed by atoms with Crippen molar-refractivity contribution in [2.24, 2.45) is 0 Å².